The topological polar surface area (TPSA) is 0 Å². The van der Waals surface area contributed by atoms with Gasteiger partial charge in [0.05, 0.1) is 6.08 Å². The number of halogens is 15. The predicted molar refractivity (Wildman–Crippen MR) is 52.1 cm³/mol. The van der Waals surface area contributed by atoms with Crippen molar-refractivity contribution in [1.29, 1.82) is 0 Å². The quantitative estimate of drug-likeness (QED) is 0.384. The second kappa shape index (κ2) is 7.81. The van der Waals surface area contributed by atoms with E-state index in [1.54, 1.807) is 0 Å². The highest BCUT2D eigenvalue weighted by molar-refractivity contribution is 6.40. The van der Waals surface area contributed by atoms with Gasteiger partial charge < -0.3 is 0 Å². The lowest BCUT2D eigenvalue weighted by Crippen LogP contribution is -2.16. The molecule has 0 aliphatic carbocycles. The summed E-state index contributed by atoms with van der Waals surface area (Å²) in [6.07, 6.45) is -22.8. The van der Waals surface area contributed by atoms with Crippen molar-refractivity contribution in [3.63, 3.8) is 0 Å². The minimum absolute atomic E-state index is 1.44. The second-order valence-electron chi connectivity index (χ2n) is 3.16. The van der Waals surface area contributed by atoms with Crippen molar-refractivity contribution in [2.24, 2.45) is 0 Å². The molecule has 0 aliphatic rings. The van der Waals surface area contributed by atoms with Crippen LogP contribution in [0.3, 0.4) is 0 Å². The zero-order valence-corrected chi connectivity index (χ0v) is 11.3. The van der Waals surface area contributed by atoms with Gasteiger partial charge in [-0.05, 0) is 0 Å². The SMILES string of the molecule is FC(=CC(F)(F)F)C(F)(F)F.FC(F)(F)C(Cl)=C(Cl)C(F)(F)F. The largest absolute Gasteiger partial charge is 0.442 e. The average Bonchev–Trinajstić information content (AvgIpc) is 2.21. The van der Waals surface area contributed by atoms with Gasteiger partial charge in [0.1, 0.15) is 10.1 Å². The van der Waals surface area contributed by atoms with E-state index in [2.05, 4.69) is 23.2 Å². The molecule has 0 fully saturated rings. The molecule has 0 saturated heterocycles. The van der Waals surface area contributed by atoms with Crippen molar-refractivity contribution < 1.29 is 57.1 Å². The van der Waals surface area contributed by atoms with E-state index in [9.17, 15) is 57.1 Å². The van der Waals surface area contributed by atoms with Gasteiger partial charge in [-0.15, -0.1) is 0 Å². The molecule has 0 saturated carbocycles. The van der Waals surface area contributed by atoms with Crippen molar-refractivity contribution in [3.8, 4) is 0 Å². The molecule has 0 spiro atoms. The van der Waals surface area contributed by atoms with Crippen molar-refractivity contribution in [1.82, 2.24) is 0 Å². The van der Waals surface area contributed by atoms with Gasteiger partial charge >= 0.3 is 24.7 Å². The van der Waals surface area contributed by atoms with Crippen LogP contribution < -0.4 is 0 Å². The van der Waals surface area contributed by atoms with Gasteiger partial charge in [-0.25, -0.2) is 4.39 Å². The van der Waals surface area contributed by atoms with Gasteiger partial charge in [-0.2, -0.15) is 52.7 Å². The van der Waals surface area contributed by atoms with Crippen molar-refractivity contribution in [2.75, 3.05) is 0 Å². The van der Waals surface area contributed by atoms with E-state index in [4.69, 9.17) is 0 Å². The number of hydrogen-bond acceptors (Lipinski definition) is 0. The summed E-state index contributed by atoms with van der Waals surface area (Å²) in [5.74, 6) is -3.15. The van der Waals surface area contributed by atoms with E-state index >= 15 is 0 Å². The van der Waals surface area contributed by atoms with Crippen LogP contribution in [0.2, 0.25) is 0 Å². The minimum atomic E-state index is -5.56. The zero-order chi connectivity index (χ0) is 19.4. The Kier molecular flexibility index (Phi) is 8.29. The predicted octanol–water partition coefficient (Wildman–Crippen LogP) is 6.76. The lowest BCUT2D eigenvalue weighted by Gasteiger charge is -2.09. The van der Waals surface area contributed by atoms with E-state index in [-0.39, 0.29) is 0 Å². The average molecular weight is 415 g/mol. The van der Waals surface area contributed by atoms with Crippen LogP contribution >= 0.6 is 23.2 Å². The van der Waals surface area contributed by atoms with Crippen LogP contribution in [0.25, 0.3) is 0 Å². The van der Waals surface area contributed by atoms with Crippen molar-refractivity contribution >= 4 is 23.2 Å². The molecule has 0 aliphatic heterocycles. The first kappa shape index (κ1) is 24.4. The highest BCUT2D eigenvalue weighted by Crippen LogP contribution is 2.40. The Morgan fingerprint density at radius 1 is 0.565 bits per heavy atom. The van der Waals surface area contributed by atoms with Crippen molar-refractivity contribution in [3.05, 3.63) is 22.0 Å². The first-order valence-electron chi connectivity index (χ1n) is 4.41. The first-order valence-corrected chi connectivity index (χ1v) is 5.17. The fourth-order valence-corrected chi connectivity index (χ4v) is 0.689. The van der Waals surface area contributed by atoms with Gasteiger partial charge in [0, 0.05) is 0 Å². The Morgan fingerprint density at radius 2 is 0.826 bits per heavy atom. The first-order chi connectivity index (χ1) is 9.69. The Bertz CT molecular complexity index is 423. The van der Waals surface area contributed by atoms with Crippen molar-refractivity contribution in [2.45, 2.75) is 24.7 Å². The van der Waals surface area contributed by atoms with E-state index in [0.717, 1.165) is 0 Å². The lowest BCUT2D eigenvalue weighted by atomic mass is 10.4. The van der Waals surface area contributed by atoms with E-state index in [1.807, 2.05) is 0 Å². The molecule has 0 heterocycles. The molecule has 0 aromatic heterocycles. The van der Waals surface area contributed by atoms with Gasteiger partial charge in [-0.1, -0.05) is 23.2 Å². The summed E-state index contributed by atoms with van der Waals surface area (Å²) in [4.78, 5) is 0. The molecule has 0 nitrogen and oxygen atoms in total. The highest BCUT2D eigenvalue weighted by atomic mass is 35.5. The van der Waals surface area contributed by atoms with Gasteiger partial charge in [0.25, 0.3) is 0 Å². The van der Waals surface area contributed by atoms with E-state index in [1.165, 1.54) is 0 Å². The summed E-state index contributed by atoms with van der Waals surface area (Å²) in [5, 5.41) is -4.73. The molecular weight excluding hydrogens is 414 g/mol. The number of rotatable bonds is 0. The molecule has 0 bridgehead atoms. The molecule has 138 valence electrons. The lowest BCUT2D eigenvalue weighted by molar-refractivity contribution is -0.121. The number of hydrogen-bond donors (Lipinski definition) is 0. The zero-order valence-electron chi connectivity index (χ0n) is 9.75. The molecule has 0 aromatic rings. The summed E-state index contributed by atoms with van der Waals surface area (Å²) in [7, 11) is 0. The molecule has 23 heavy (non-hydrogen) atoms. The molecule has 0 radical (unpaired) electrons. The molecule has 0 rings (SSSR count). The number of allylic oxidation sites excluding steroid dienone is 4. The van der Waals surface area contributed by atoms with E-state index in [0.29, 0.717) is 0 Å². The highest BCUT2D eigenvalue weighted by Gasteiger charge is 2.44. The summed E-state index contributed by atoms with van der Waals surface area (Å²) in [6.45, 7) is 0. The number of alkyl halides is 12. The maximum absolute atomic E-state index is 11.5. The standard InChI is InChI=1S/C4Cl2F6.C4HF7/c5-1(3(7,8)9)2(6)4(10,11)12;5-2(4(9,10)11)1-3(6,7)8/h;1H. The maximum Gasteiger partial charge on any atom is 0.442 e. The second-order valence-corrected chi connectivity index (χ2v) is 3.91. The van der Waals surface area contributed by atoms with Gasteiger partial charge in [0.15, 0.2) is 0 Å². The third-order valence-electron chi connectivity index (χ3n) is 1.25. The molecule has 0 amide bonds. The summed E-state index contributed by atoms with van der Waals surface area (Å²) >= 11 is 8.59. The Labute approximate surface area is 128 Å². The third kappa shape index (κ3) is 11.3. The fourth-order valence-electron chi connectivity index (χ4n) is 0.474. The Hall–Kier alpha value is -0.850. The van der Waals surface area contributed by atoms with Crippen LogP contribution in [-0.2, 0) is 0 Å². The monoisotopic (exact) mass is 414 g/mol. The van der Waals surface area contributed by atoms with E-state index < -0.39 is 46.7 Å². The van der Waals surface area contributed by atoms with Crippen LogP contribution in [0.15, 0.2) is 22.0 Å². The molecule has 0 unspecified atom stereocenters. The molecule has 0 aromatic carbocycles. The Balaban J connectivity index is 0. The van der Waals surface area contributed by atoms with Crippen LogP contribution in [0.4, 0.5) is 57.1 Å². The fraction of sp³-hybridized carbons (Fsp3) is 0.500. The summed E-state index contributed by atoms with van der Waals surface area (Å²) < 4.78 is 146. The molecule has 15 heteroatoms. The molecule has 0 N–H and O–H groups in total. The van der Waals surface area contributed by atoms with Gasteiger partial charge in [-0.3, -0.25) is 0 Å². The van der Waals surface area contributed by atoms with Crippen LogP contribution in [-0.4, -0.2) is 24.7 Å². The molecular formula is C8HCl2F13. The normalized spacial score (nSPS) is 15.7. The minimum Gasteiger partial charge on any atom is -0.202 e. The van der Waals surface area contributed by atoms with Gasteiger partial charge in [0.2, 0.25) is 5.83 Å². The maximum atomic E-state index is 11.5. The summed E-state index contributed by atoms with van der Waals surface area (Å²) in [6, 6.07) is 0. The smallest absolute Gasteiger partial charge is 0.202 e. The Morgan fingerprint density at radius 3 is 0.913 bits per heavy atom. The van der Waals surface area contributed by atoms with Crippen LogP contribution in [0.1, 0.15) is 0 Å². The van der Waals surface area contributed by atoms with Crippen LogP contribution in [0.5, 0.6) is 0 Å². The third-order valence-corrected chi connectivity index (χ3v) is 2.15. The van der Waals surface area contributed by atoms with Crippen LogP contribution in [0, 0.1) is 0 Å². The molecule has 0 atom stereocenters. The summed E-state index contributed by atoms with van der Waals surface area (Å²) in [5.41, 5.74) is 0.